The molecule has 3 aromatic rings. The first-order valence-electron chi connectivity index (χ1n) is 14.0. The lowest BCUT2D eigenvalue weighted by Gasteiger charge is -2.49. The molecular formula is C31H34F4N2O4S. The molecule has 1 N–H and O–H groups in total. The van der Waals surface area contributed by atoms with E-state index in [2.05, 4.69) is 4.90 Å². The Hall–Kier alpha value is -3.15. The van der Waals surface area contributed by atoms with Crippen molar-refractivity contribution in [1.29, 1.82) is 0 Å². The van der Waals surface area contributed by atoms with Crippen LogP contribution in [-0.2, 0) is 21.8 Å². The van der Waals surface area contributed by atoms with Crippen molar-refractivity contribution in [2.24, 2.45) is 0 Å². The molecular weight excluding hydrogens is 572 g/mol. The zero-order chi connectivity index (χ0) is 30.1. The average Bonchev–Trinajstić information content (AvgIpc) is 2.98. The van der Waals surface area contributed by atoms with Crippen molar-refractivity contribution in [1.82, 2.24) is 4.90 Å². The van der Waals surface area contributed by atoms with Crippen molar-refractivity contribution in [2.45, 2.75) is 67.3 Å². The van der Waals surface area contributed by atoms with Crippen LogP contribution in [-0.4, -0.2) is 50.7 Å². The quantitative estimate of drug-likeness (QED) is 0.318. The highest BCUT2D eigenvalue weighted by atomic mass is 32.2. The van der Waals surface area contributed by atoms with Crippen LogP contribution in [0, 0.1) is 5.82 Å². The van der Waals surface area contributed by atoms with Crippen LogP contribution >= 0.6 is 0 Å². The molecule has 2 fully saturated rings. The first-order valence-corrected chi connectivity index (χ1v) is 15.5. The molecule has 1 aliphatic carbocycles. The number of hydrogen-bond donors (Lipinski definition) is 1. The average molecular weight is 607 g/mol. The Morgan fingerprint density at radius 3 is 2.24 bits per heavy atom. The van der Waals surface area contributed by atoms with Crippen molar-refractivity contribution in [3.05, 3.63) is 89.7 Å². The van der Waals surface area contributed by atoms with Gasteiger partial charge in [0.15, 0.2) is 0 Å². The van der Waals surface area contributed by atoms with Gasteiger partial charge in [-0.15, -0.1) is 0 Å². The molecule has 2 aliphatic rings. The second-order valence-corrected chi connectivity index (χ2v) is 12.8. The van der Waals surface area contributed by atoms with E-state index >= 15 is 0 Å². The van der Waals surface area contributed by atoms with Gasteiger partial charge in [0.1, 0.15) is 17.2 Å². The van der Waals surface area contributed by atoms with E-state index in [4.69, 9.17) is 4.74 Å². The first-order chi connectivity index (χ1) is 19.9. The summed E-state index contributed by atoms with van der Waals surface area (Å²) < 4.78 is 88.8. The van der Waals surface area contributed by atoms with E-state index in [1.807, 2.05) is 0 Å². The molecule has 0 spiro atoms. The summed E-state index contributed by atoms with van der Waals surface area (Å²) in [7, 11) is -2.79. The van der Waals surface area contributed by atoms with Crippen LogP contribution < -0.4 is 9.04 Å². The summed E-state index contributed by atoms with van der Waals surface area (Å²) in [5.74, 6) is 0.0669. The normalized spacial score (nSPS) is 22.6. The third-order valence-electron chi connectivity index (χ3n) is 8.50. The summed E-state index contributed by atoms with van der Waals surface area (Å²) in [6.45, 7) is 0.874. The second-order valence-electron chi connectivity index (χ2n) is 11.0. The Labute approximate surface area is 243 Å². The summed E-state index contributed by atoms with van der Waals surface area (Å²) in [6.07, 6.45) is -0.962. The fourth-order valence-electron chi connectivity index (χ4n) is 6.36. The SMILES string of the molecule is COc1ccc(S(=O)(=O)N(c2cccc(C(F)(F)F)c2)C2CCN([C@@H]3CCCC[C@]3(O)c3ccc(F)cc3)CC2)cc1. The molecule has 3 aromatic carbocycles. The molecule has 0 amide bonds. The number of likely N-dealkylation sites (tertiary alicyclic amines) is 1. The Morgan fingerprint density at radius 1 is 0.952 bits per heavy atom. The lowest BCUT2D eigenvalue weighted by Crippen LogP contribution is -2.57. The Balaban J connectivity index is 1.45. The topological polar surface area (TPSA) is 70.1 Å². The van der Waals surface area contributed by atoms with E-state index < -0.39 is 33.4 Å². The summed E-state index contributed by atoms with van der Waals surface area (Å²) in [5.41, 5.74) is -1.53. The number of hydrogen-bond acceptors (Lipinski definition) is 5. The molecule has 2 atom stereocenters. The monoisotopic (exact) mass is 606 g/mol. The number of benzene rings is 3. The highest BCUT2D eigenvalue weighted by Gasteiger charge is 2.45. The number of alkyl halides is 3. The van der Waals surface area contributed by atoms with Gasteiger partial charge >= 0.3 is 6.18 Å². The van der Waals surface area contributed by atoms with Crippen molar-refractivity contribution in [2.75, 3.05) is 24.5 Å². The van der Waals surface area contributed by atoms with Crippen LogP contribution in [0.25, 0.3) is 0 Å². The Morgan fingerprint density at radius 2 is 1.62 bits per heavy atom. The standard InChI is InChI=1S/C31H34F4N2O4S/c1-41-27-12-14-28(15-13-27)42(39,40)37(26-6-4-5-23(21-26)31(33,34)35)25-16-19-36(20-17-25)29-7-2-3-18-30(29,38)22-8-10-24(32)11-9-22/h4-6,8-15,21,25,29,38H,2-3,7,16-20H2,1H3/t29-,30+/m1/s1. The third kappa shape index (κ3) is 6.00. The van der Waals surface area contributed by atoms with Crippen molar-refractivity contribution in [3.8, 4) is 5.75 Å². The van der Waals surface area contributed by atoms with Crippen molar-refractivity contribution < 1.29 is 35.8 Å². The molecule has 1 aliphatic heterocycles. The van der Waals surface area contributed by atoms with Gasteiger partial charge in [-0.25, -0.2) is 12.8 Å². The minimum absolute atomic E-state index is 0.0545. The Bertz CT molecular complexity index is 1470. The molecule has 6 nitrogen and oxygen atoms in total. The largest absolute Gasteiger partial charge is 0.497 e. The van der Waals surface area contributed by atoms with Crippen LogP contribution in [0.3, 0.4) is 0 Å². The molecule has 11 heteroatoms. The summed E-state index contributed by atoms with van der Waals surface area (Å²) in [5, 5.41) is 11.8. The molecule has 0 bridgehead atoms. The number of ether oxygens (including phenoxy) is 1. The minimum atomic E-state index is -4.64. The predicted octanol–water partition coefficient (Wildman–Crippen LogP) is 6.34. The molecule has 1 heterocycles. The smallest absolute Gasteiger partial charge is 0.416 e. The predicted molar refractivity (Wildman–Crippen MR) is 151 cm³/mol. The van der Waals surface area contributed by atoms with Crippen LogP contribution in [0.5, 0.6) is 5.75 Å². The number of halogens is 4. The molecule has 226 valence electrons. The van der Waals surface area contributed by atoms with Crippen LogP contribution in [0.1, 0.15) is 49.7 Å². The number of anilines is 1. The van der Waals surface area contributed by atoms with Crippen LogP contribution in [0.4, 0.5) is 23.2 Å². The number of nitrogens with zero attached hydrogens (tertiary/aromatic N) is 2. The summed E-state index contributed by atoms with van der Waals surface area (Å²) in [4.78, 5) is 2.09. The second kappa shape index (κ2) is 11.9. The van der Waals surface area contributed by atoms with Gasteiger partial charge in [-0.1, -0.05) is 31.0 Å². The summed E-state index contributed by atoms with van der Waals surface area (Å²) in [6, 6.07) is 15.2. The Kier molecular flexibility index (Phi) is 8.55. The van der Waals surface area contributed by atoms with Gasteiger partial charge in [-0.3, -0.25) is 9.21 Å². The van der Waals surface area contributed by atoms with Gasteiger partial charge in [-0.05, 0) is 85.8 Å². The van der Waals surface area contributed by atoms with Crippen molar-refractivity contribution >= 4 is 15.7 Å². The zero-order valence-electron chi connectivity index (χ0n) is 23.2. The van der Waals surface area contributed by atoms with Crippen molar-refractivity contribution in [3.63, 3.8) is 0 Å². The molecule has 1 saturated carbocycles. The van der Waals surface area contributed by atoms with Gasteiger partial charge < -0.3 is 9.84 Å². The lowest BCUT2D eigenvalue weighted by atomic mass is 9.74. The van der Waals surface area contributed by atoms with Crippen LogP contribution in [0.2, 0.25) is 0 Å². The van der Waals surface area contributed by atoms with Gasteiger partial charge in [0.25, 0.3) is 10.0 Å². The van der Waals surface area contributed by atoms with E-state index in [-0.39, 0.29) is 22.4 Å². The van der Waals surface area contributed by atoms with Crippen LogP contribution in [0.15, 0.2) is 77.7 Å². The maximum Gasteiger partial charge on any atom is 0.416 e. The molecule has 1 saturated heterocycles. The zero-order valence-corrected chi connectivity index (χ0v) is 24.0. The lowest BCUT2D eigenvalue weighted by molar-refractivity contribution is -0.137. The highest BCUT2D eigenvalue weighted by molar-refractivity contribution is 7.92. The molecule has 0 aromatic heterocycles. The first kappa shape index (κ1) is 30.3. The van der Waals surface area contributed by atoms with Gasteiger partial charge in [-0.2, -0.15) is 13.2 Å². The highest BCUT2D eigenvalue weighted by Crippen LogP contribution is 2.42. The number of rotatable bonds is 7. The molecule has 0 unspecified atom stereocenters. The number of piperidine rings is 1. The van der Waals surface area contributed by atoms with E-state index in [9.17, 15) is 31.1 Å². The number of methoxy groups -OCH3 is 1. The fourth-order valence-corrected chi connectivity index (χ4v) is 8.06. The van der Waals surface area contributed by atoms with E-state index in [1.54, 1.807) is 12.1 Å². The third-order valence-corrected chi connectivity index (χ3v) is 10.4. The number of aliphatic hydroxyl groups is 1. The maximum absolute atomic E-state index is 14.0. The van der Waals surface area contributed by atoms with E-state index in [0.29, 0.717) is 43.7 Å². The molecule has 42 heavy (non-hydrogen) atoms. The van der Waals surface area contributed by atoms with E-state index in [1.165, 1.54) is 55.6 Å². The number of sulfonamides is 1. The van der Waals surface area contributed by atoms with Gasteiger partial charge in [0.2, 0.25) is 0 Å². The minimum Gasteiger partial charge on any atom is -0.497 e. The van der Waals surface area contributed by atoms with Gasteiger partial charge in [0, 0.05) is 25.2 Å². The molecule has 0 radical (unpaired) electrons. The fraction of sp³-hybridized carbons (Fsp3) is 0.419. The van der Waals surface area contributed by atoms with E-state index in [0.717, 1.165) is 35.7 Å². The summed E-state index contributed by atoms with van der Waals surface area (Å²) >= 11 is 0. The molecule has 5 rings (SSSR count). The van der Waals surface area contributed by atoms with Gasteiger partial charge in [0.05, 0.1) is 23.3 Å². The maximum atomic E-state index is 14.0.